The van der Waals surface area contributed by atoms with Crippen LogP contribution in [0, 0.1) is 11.3 Å². The molecule has 3 aromatic rings. The third-order valence-corrected chi connectivity index (χ3v) is 6.10. The number of fused-ring (bicyclic) bond motifs is 1. The predicted octanol–water partition coefficient (Wildman–Crippen LogP) is 2.99. The highest BCUT2D eigenvalue weighted by Gasteiger charge is 2.27. The summed E-state index contributed by atoms with van der Waals surface area (Å²) >= 11 is 2.09. The number of carbonyl (C=O) groups is 2. The zero-order valence-corrected chi connectivity index (χ0v) is 19.8. The topological polar surface area (TPSA) is 112 Å². The van der Waals surface area contributed by atoms with Gasteiger partial charge in [0.05, 0.1) is 17.6 Å². The van der Waals surface area contributed by atoms with Gasteiger partial charge in [-0.1, -0.05) is 42.5 Å². The van der Waals surface area contributed by atoms with Crippen molar-refractivity contribution >= 4 is 51.2 Å². The maximum atomic E-state index is 12.9. The van der Waals surface area contributed by atoms with Crippen LogP contribution in [0.15, 0.2) is 71.7 Å². The summed E-state index contributed by atoms with van der Waals surface area (Å²) in [6.07, 6.45) is 3.45. The fraction of sp³-hybridized carbons (Fsp3) is 0.208. The molecule has 0 spiro atoms. The first-order valence-corrected chi connectivity index (χ1v) is 11.5. The van der Waals surface area contributed by atoms with E-state index < -0.39 is 3.55 Å². The number of aliphatic imine (C=N–C) groups is 1. The number of rotatable bonds is 7. The van der Waals surface area contributed by atoms with Crippen molar-refractivity contribution in [3.05, 3.63) is 78.1 Å². The molecule has 2 N–H and O–H groups in total. The Morgan fingerprint density at radius 1 is 1.15 bits per heavy atom. The molecule has 0 bridgehead atoms. The zero-order chi connectivity index (χ0) is 23.3. The molecule has 1 aromatic heterocycles. The number of dihydropyridines is 1. The fourth-order valence-electron chi connectivity index (χ4n) is 3.51. The highest BCUT2D eigenvalue weighted by molar-refractivity contribution is 14.1. The Kier molecular flexibility index (Phi) is 6.84. The Morgan fingerprint density at radius 3 is 2.64 bits per heavy atom. The molecule has 0 saturated carbocycles. The number of nitrogens with one attached hydrogen (secondary N) is 2. The molecular formula is C24H21IN6O2. The number of alkyl halides is 1. The van der Waals surface area contributed by atoms with E-state index in [1.54, 1.807) is 12.2 Å². The third kappa shape index (κ3) is 5.46. The molecule has 1 unspecified atom stereocenters. The van der Waals surface area contributed by atoms with Gasteiger partial charge in [-0.25, -0.2) is 4.98 Å². The van der Waals surface area contributed by atoms with Crippen LogP contribution in [0.25, 0.3) is 11.0 Å². The molecule has 0 saturated heterocycles. The first-order valence-electron chi connectivity index (χ1n) is 10.4. The van der Waals surface area contributed by atoms with E-state index in [1.807, 2.05) is 65.2 Å². The van der Waals surface area contributed by atoms with Crippen LogP contribution in [0.5, 0.6) is 0 Å². The van der Waals surface area contributed by atoms with Crippen molar-refractivity contribution in [2.24, 2.45) is 4.99 Å². The highest BCUT2D eigenvalue weighted by atomic mass is 127. The van der Waals surface area contributed by atoms with Gasteiger partial charge in [0.25, 0.3) is 5.91 Å². The van der Waals surface area contributed by atoms with Crippen LogP contribution < -0.4 is 10.6 Å². The van der Waals surface area contributed by atoms with Crippen LogP contribution in [0.2, 0.25) is 0 Å². The molecule has 1 aliphatic rings. The molecule has 8 nitrogen and oxygen atoms in total. The number of aromatic nitrogens is 2. The van der Waals surface area contributed by atoms with E-state index in [0.29, 0.717) is 18.1 Å². The van der Waals surface area contributed by atoms with Crippen molar-refractivity contribution in [2.75, 3.05) is 13.1 Å². The summed E-state index contributed by atoms with van der Waals surface area (Å²) in [5.74, 6) is -0.248. The van der Waals surface area contributed by atoms with Crippen molar-refractivity contribution in [3.8, 4) is 6.07 Å². The highest BCUT2D eigenvalue weighted by Crippen LogP contribution is 2.21. The molecule has 9 heteroatoms. The zero-order valence-electron chi connectivity index (χ0n) is 17.7. The Morgan fingerprint density at radius 2 is 1.91 bits per heavy atom. The summed E-state index contributed by atoms with van der Waals surface area (Å²) < 4.78 is 1.21. The van der Waals surface area contributed by atoms with Gasteiger partial charge in [0, 0.05) is 19.5 Å². The number of amides is 2. The number of hydrogen-bond donors (Lipinski definition) is 2. The summed E-state index contributed by atoms with van der Waals surface area (Å²) in [5.41, 5.74) is 3.01. The van der Waals surface area contributed by atoms with Crippen LogP contribution in [0.1, 0.15) is 22.6 Å². The van der Waals surface area contributed by atoms with Crippen molar-refractivity contribution < 1.29 is 9.59 Å². The average Bonchev–Trinajstić information content (AvgIpc) is 3.18. The molecule has 4 rings (SSSR count). The van der Waals surface area contributed by atoms with E-state index in [-0.39, 0.29) is 31.3 Å². The average molecular weight is 552 g/mol. The lowest BCUT2D eigenvalue weighted by Crippen LogP contribution is -2.46. The molecule has 1 atom stereocenters. The number of hydrogen-bond acceptors (Lipinski definition) is 5. The Labute approximate surface area is 204 Å². The van der Waals surface area contributed by atoms with Crippen LogP contribution in [0.4, 0.5) is 0 Å². The van der Waals surface area contributed by atoms with E-state index in [0.717, 1.165) is 16.6 Å². The minimum Gasteiger partial charge on any atom is -0.349 e. The summed E-state index contributed by atoms with van der Waals surface area (Å²) in [6, 6.07) is 19.5. The normalized spacial score (nSPS) is 17.3. The molecular weight excluding hydrogens is 531 g/mol. The van der Waals surface area contributed by atoms with Crippen molar-refractivity contribution in [3.63, 3.8) is 0 Å². The summed E-state index contributed by atoms with van der Waals surface area (Å²) in [7, 11) is 0. The van der Waals surface area contributed by atoms with Gasteiger partial charge >= 0.3 is 0 Å². The van der Waals surface area contributed by atoms with E-state index in [9.17, 15) is 9.59 Å². The van der Waals surface area contributed by atoms with Crippen LogP contribution in [-0.2, 0) is 11.3 Å². The number of benzene rings is 2. The van der Waals surface area contributed by atoms with Crippen LogP contribution in [-0.4, -0.2) is 43.7 Å². The number of carbonyl (C=O) groups excluding carboxylic acids is 2. The van der Waals surface area contributed by atoms with Crippen molar-refractivity contribution in [1.82, 2.24) is 20.2 Å². The first kappa shape index (κ1) is 22.7. The van der Waals surface area contributed by atoms with Gasteiger partial charge in [0.1, 0.15) is 15.3 Å². The SMILES string of the molecule is N#CC1=NCC(I)(NC(=O)CCNC(=O)c2nc3ccccc3n2Cc2ccccc2)C=C1. The van der Waals surface area contributed by atoms with Gasteiger partial charge in [0.15, 0.2) is 5.82 Å². The monoisotopic (exact) mass is 552 g/mol. The molecule has 2 aromatic carbocycles. The lowest BCUT2D eigenvalue weighted by atomic mass is 10.2. The quantitative estimate of drug-likeness (QED) is 0.267. The predicted molar refractivity (Wildman–Crippen MR) is 134 cm³/mol. The van der Waals surface area contributed by atoms with Gasteiger partial charge in [-0.15, -0.1) is 0 Å². The molecule has 2 heterocycles. The number of nitrogens with zero attached hydrogens (tertiary/aromatic N) is 4. The van der Waals surface area contributed by atoms with E-state index in [1.165, 1.54) is 0 Å². The van der Waals surface area contributed by atoms with Gasteiger partial charge < -0.3 is 15.2 Å². The minimum absolute atomic E-state index is 0.109. The lowest BCUT2D eigenvalue weighted by molar-refractivity contribution is -0.121. The number of allylic oxidation sites excluding steroid dienone is 1. The Balaban J connectivity index is 1.40. The maximum Gasteiger partial charge on any atom is 0.287 e. The van der Waals surface area contributed by atoms with E-state index in [2.05, 4.69) is 43.2 Å². The fourth-order valence-corrected chi connectivity index (χ4v) is 4.16. The standard InChI is InChI=1S/C24H21IN6O2/c25-24(12-10-18(14-26)28-16-24)30-21(32)11-13-27-23(33)22-29-19-8-4-5-9-20(19)31(22)15-17-6-2-1-3-7-17/h1-10,12H,11,13,15-16H2,(H,27,33)(H,30,32). The minimum atomic E-state index is -0.678. The third-order valence-electron chi connectivity index (χ3n) is 5.13. The summed E-state index contributed by atoms with van der Waals surface area (Å²) in [6.45, 7) is 0.969. The number of imidazole rings is 1. The van der Waals surface area contributed by atoms with E-state index >= 15 is 0 Å². The largest absolute Gasteiger partial charge is 0.349 e. The van der Waals surface area contributed by atoms with Crippen molar-refractivity contribution in [1.29, 1.82) is 5.26 Å². The number of halogens is 1. The van der Waals surface area contributed by atoms with Crippen molar-refractivity contribution in [2.45, 2.75) is 16.5 Å². The van der Waals surface area contributed by atoms with Gasteiger partial charge in [0.2, 0.25) is 5.91 Å². The Bertz CT molecular complexity index is 1290. The number of para-hydroxylation sites is 2. The second kappa shape index (κ2) is 9.95. The van der Waals surface area contributed by atoms with Gasteiger partial charge in [-0.2, -0.15) is 5.26 Å². The molecule has 0 radical (unpaired) electrons. The molecule has 0 fully saturated rings. The van der Waals surface area contributed by atoms with Crippen LogP contribution in [0.3, 0.4) is 0 Å². The smallest absolute Gasteiger partial charge is 0.287 e. The van der Waals surface area contributed by atoms with E-state index in [4.69, 9.17) is 5.26 Å². The lowest BCUT2D eigenvalue weighted by Gasteiger charge is -2.25. The molecule has 2 amide bonds. The van der Waals surface area contributed by atoms with Gasteiger partial charge in [-0.05, 0) is 52.4 Å². The molecule has 1 aliphatic heterocycles. The molecule has 0 aliphatic carbocycles. The summed E-state index contributed by atoms with van der Waals surface area (Å²) in [5, 5.41) is 14.6. The maximum absolute atomic E-state index is 12.9. The number of nitriles is 1. The Hall–Kier alpha value is -3.52. The van der Waals surface area contributed by atoms with Crippen LogP contribution >= 0.6 is 22.6 Å². The molecule has 166 valence electrons. The first-order chi connectivity index (χ1) is 16.0. The molecule has 33 heavy (non-hydrogen) atoms. The second-order valence-corrected chi connectivity index (χ2v) is 9.48. The summed E-state index contributed by atoms with van der Waals surface area (Å²) in [4.78, 5) is 34.0. The van der Waals surface area contributed by atoms with Gasteiger partial charge in [-0.3, -0.25) is 14.6 Å². The second-order valence-electron chi connectivity index (χ2n) is 7.56.